The van der Waals surface area contributed by atoms with Crippen LogP contribution in [-0.4, -0.2) is 17.8 Å². The quantitative estimate of drug-likeness (QED) is 0.760. The standard InChI is InChI=1S/C13H16O2/c1-4-13(2,14)10-9-11-5-7-12(15-3)8-6-11/h1,5-8,14H,9-10H2,2-3H3. The van der Waals surface area contributed by atoms with Gasteiger partial charge in [-0.1, -0.05) is 18.1 Å². The van der Waals surface area contributed by atoms with Crippen LogP contribution in [0.2, 0.25) is 0 Å². The van der Waals surface area contributed by atoms with E-state index in [4.69, 9.17) is 11.2 Å². The fraction of sp³-hybridized carbons (Fsp3) is 0.385. The van der Waals surface area contributed by atoms with Crippen LogP contribution in [0.4, 0.5) is 0 Å². The molecule has 1 aromatic carbocycles. The summed E-state index contributed by atoms with van der Waals surface area (Å²) in [4.78, 5) is 0. The lowest BCUT2D eigenvalue weighted by atomic mass is 9.98. The summed E-state index contributed by atoms with van der Waals surface area (Å²) in [5.74, 6) is 3.20. The largest absolute Gasteiger partial charge is 0.497 e. The van der Waals surface area contributed by atoms with E-state index in [0.717, 1.165) is 17.7 Å². The van der Waals surface area contributed by atoms with E-state index < -0.39 is 5.60 Å². The Morgan fingerprint density at radius 1 is 1.40 bits per heavy atom. The van der Waals surface area contributed by atoms with Crippen molar-refractivity contribution >= 4 is 0 Å². The van der Waals surface area contributed by atoms with Crippen molar-refractivity contribution in [2.24, 2.45) is 0 Å². The van der Waals surface area contributed by atoms with Crippen LogP contribution in [0, 0.1) is 12.3 Å². The van der Waals surface area contributed by atoms with E-state index in [0.29, 0.717) is 6.42 Å². The number of ether oxygens (including phenoxy) is 1. The lowest BCUT2D eigenvalue weighted by Gasteiger charge is -2.15. The van der Waals surface area contributed by atoms with Gasteiger partial charge in [0.1, 0.15) is 11.4 Å². The molecule has 0 heterocycles. The first-order valence-electron chi connectivity index (χ1n) is 4.90. The third-order valence-corrected chi connectivity index (χ3v) is 2.37. The first-order valence-corrected chi connectivity index (χ1v) is 4.90. The summed E-state index contributed by atoms with van der Waals surface area (Å²) >= 11 is 0. The monoisotopic (exact) mass is 204 g/mol. The third kappa shape index (κ3) is 3.65. The molecule has 0 spiro atoms. The Kier molecular flexibility index (Phi) is 3.76. The SMILES string of the molecule is C#CC(C)(O)CCc1ccc(OC)cc1. The van der Waals surface area contributed by atoms with E-state index in [1.807, 2.05) is 24.3 Å². The first-order chi connectivity index (χ1) is 7.07. The van der Waals surface area contributed by atoms with Gasteiger partial charge in [-0.2, -0.15) is 0 Å². The highest BCUT2D eigenvalue weighted by atomic mass is 16.5. The smallest absolute Gasteiger partial charge is 0.122 e. The van der Waals surface area contributed by atoms with E-state index in [-0.39, 0.29) is 0 Å². The highest BCUT2D eigenvalue weighted by molar-refractivity contribution is 5.27. The fourth-order valence-electron chi connectivity index (χ4n) is 1.25. The normalized spacial score (nSPS) is 14.0. The van der Waals surface area contributed by atoms with Crippen molar-refractivity contribution < 1.29 is 9.84 Å². The highest BCUT2D eigenvalue weighted by Gasteiger charge is 2.15. The number of hydrogen-bond acceptors (Lipinski definition) is 2. The predicted octanol–water partition coefficient (Wildman–Crippen LogP) is 2.01. The molecule has 0 radical (unpaired) electrons. The molecule has 0 amide bonds. The number of hydrogen-bond donors (Lipinski definition) is 1. The lowest BCUT2D eigenvalue weighted by Crippen LogP contribution is -2.21. The van der Waals surface area contributed by atoms with Crippen LogP contribution in [0.1, 0.15) is 18.9 Å². The molecule has 0 aromatic heterocycles. The van der Waals surface area contributed by atoms with Crippen LogP contribution in [0.5, 0.6) is 5.75 Å². The number of methoxy groups -OCH3 is 1. The summed E-state index contributed by atoms with van der Waals surface area (Å²) in [6, 6.07) is 7.76. The zero-order valence-electron chi connectivity index (χ0n) is 9.16. The molecule has 0 aliphatic rings. The molecular formula is C13H16O2. The minimum atomic E-state index is -1.01. The minimum Gasteiger partial charge on any atom is -0.497 e. The molecule has 1 N–H and O–H groups in total. The molecule has 1 rings (SSSR count). The van der Waals surface area contributed by atoms with Gasteiger partial charge < -0.3 is 9.84 Å². The zero-order chi connectivity index (χ0) is 11.3. The Bertz CT molecular complexity index is 344. The molecule has 0 aliphatic heterocycles. The Labute approximate surface area is 90.9 Å². The molecule has 0 saturated carbocycles. The van der Waals surface area contributed by atoms with Gasteiger partial charge in [0.2, 0.25) is 0 Å². The molecular weight excluding hydrogens is 188 g/mol. The van der Waals surface area contributed by atoms with Gasteiger partial charge in [0.25, 0.3) is 0 Å². The molecule has 80 valence electrons. The van der Waals surface area contributed by atoms with Crippen molar-refractivity contribution in [3.05, 3.63) is 29.8 Å². The van der Waals surface area contributed by atoms with Gasteiger partial charge in [-0.15, -0.1) is 6.42 Å². The van der Waals surface area contributed by atoms with Crippen molar-refractivity contribution in [2.45, 2.75) is 25.4 Å². The number of aliphatic hydroxyl groups is 1. The van der Waals surface area contributed by atoms with Crippen molar-refractivity contribution in [1.29, 1.82) is 0 Å². The van der Waals surface area contributed by atoms with E-state index in [2.05, 4.69) is 5.92 Å². The predicted molar refractivity (Wildman–Crippen MR) is 60.8 cm³/mol. The Morgan fingerprint density at radius 2 is 2.00 bits per heavy atom. The summed E-state index contributed by atoms with van der Waals surface area (Å²) in [6.45, 7) is 1.65. The van der Waals surface area contributed by atoms with E-state index in [9.17, 15) is 5.11 Å². The third-order valence-electron chi connectivity index (χ3n) is 2.37. The second kappa shape index (κ2) is 4.86. The summed E-state index contributed by atoms with van der Waals surface area (Å²) in [5, 5.41) is 9.62. The van der Waals surface area contributed by atoms with E-state index >= 15 is 0 Å². The van der Waals surface area contributed by atoms with E-state index in [1.165, 1.54) is 0 Å². The van der Waals surface area contributed by atoms with Crippen LogP contribution in [0.3, 0.4) is 0 Å². The highest BCUT2D eigenvalue weighted by Crippen LogP contribution is 2.16. The second-order valence-electron chi connectivity index (χ2n) is 3.77. The van der Waals surface area contributed by atoms with Gasteiger partial charge in [-0.3, -0.25) is 0 Å². The van der Waals surface area contributed by atoms with Crippen LogP contribution in [0.25, 0.3) is 0 Å². The Hall–Kier alpha value is -1.46. The average molecular weight is 204 g/mol. The number of aryl methyl sites for hydroxylation is 1. The number of terminal acetylenes is 1. The Morgan fingerprint density at radius 3 is 2.47 bits per heavy atom. The summed E-state index contributed by atoms with van der Waals surface area (Å²) < 4.78 is 5.05. The summed E-state index contributed by atoms with van der Waals surface area (Å²) in [7, 11) is 1.64. The summed E-state index contributed by atoms with van der Waals surface area (Å²) in [5.41, 5.74) is 0.131. The maximum absolute atomic E-state index is 9.62. The molecule has 15 heavy (non-hydrogen) atoms. The van der Waals surface area contributed by atoms with Gasteiger partial charge in [0.05, 0.1) is 7.11 Å². The van der Waals surface area contributed by atoms with Crippen molar-refractivity contribution in [3.8, 4) is 18.1 Å². The molecule has 0 aliphatic carbocycles. The number of rotatable bonds is 4. The molecule has 0 fully saturated rings. The van der Waals surface area contributed by atoms with Gasteiger partial charge in [0, 0.05) is 0 Å². The van der Waals surface area contributed by atoms with Gasteiger partial charge in [0.15, 0.2) is 0 Å². The fourth-order valence-corrected chi connectivity index (χ4v) is 1.25. The summed E-state index contributed by atoms with van der Waals surface area (Å²) in [6.07, 6.45) is 6.53. The lowest BCUT2D eigenvalue weighted by molar-refractivity contribution is 0.113. The molecule has 0 saturated heterocycles. The van der Waals surface area contributed by atoms with Gasteiger partial charge >= 0.3 is 0 Å². The maximum atomic E-state index is 9.62. The van der Waals surface area contributed by atoms with Crippen molar-refractivity contribution in [1.82, 2.24) is 0 Å². The van der Waals surface area contributed by atoms with Crippen molar-refractivity contribution in [3.63, 3.8) is 0 Å². The molecule has 0 bridgehead atoms. The van der Waals surface area contributed by atoms with Crippen LogP contribution >= 0.6 is 0 Å². The molecule has 1 atom stereocenters. The molecule has 2 heteroatoms. The van der Waals surface area contributed by atoms with Gasteiger partial charge in [-0.05, 0) is 37.5 Å². The van der Waals surface area contributed by atoms with E-state index in [1.54, 1.807) is 14.0 Å². The van der Waals surface area contributed by atoms with Crippen LogP contribution in [0.15, 0.2) is 24.3 Å². The average Bonchev–Trinajstić information content (AvgIpc) is 2.27. The molecule has 2 nitrogen and oxygen atoms in total. The van der Waals surface area contributed by atoms with Gasteiger partial charge in [-0.25, -0.2) is 0 Å². The minimum absolute atomic E-state index is 0.565. The van der Waals surface area contributed by atoms with Crippen LogP contribution < -0.4 is 4.74 Å². The molecule has 1 unspecified atom stereocenters. The zero-order valence-corrected chi connectivity index (χ0v) is 9.16. The van der Waals surface area contributed by atoms with Crippen LogP contribution in [-0.2, 0) is 6.42 Å². The first kappa shape index (κ1) is 11.6. The second-order valence-corrected chi connectivity index (χ2v) is 3.77. The Balaban J connectivity index is 2.56. The van der Waals surface area contributed by atoms with Crippen molar-refractivity contribution in [2.75, 3.05) is 7.11 Å². The number of benzene rings is 1. The maximum Gasteiger partial charge on any atom is 0.122 e. The topological polar surface area (TPSA) is 29.5 Å². The molecule has 1 aromatic rings.